The Morgan fingerprint density at radius 2 is 1.95 bits per heavy atom. The lowest BCUT2D eigenvalue weighted by Crippen LogP contribution is -2.38. The second-order valence-electron chi connectivity index (χ2n) is 4.74. The maximum absolute atomic E-state index is 11.9. The zero-order valence-corrected chi connectivity index (χ0v) is 13.4. The van der Waals surface area contributed by atoms with Crippen molar-refractivity contribution >= 4 is 22.0 Å². The minimum atomic E-state index is -0.161. The fraction of sp³-hybridized carbons (Fsp3) is 0.250. The van der Waals surface area contributed by atoms with Gasteiger partial charge in [-0.2, -0.15) is 0 Å². The van der Waals surface area contributed by atoms with Crippen molar-refractivity contribution in [3.63, 3.8) is 0 Å². The lowest BCUT2D eigenvalue weighted by Gasteiger charge is -2.15. The van der Waals surface area contributed by atoms with Crippen LogP contribution in [0.5, 0.6) is 0 Å². The Morgan fingerprint density at radius 1 is 1.24 bits per heavy atom. The third-order valence-electron chi connectivity index (χ3n) is 3.19. The Balaban J connectivity index is 1.76. The summed E-state index contributed by atoms with van der Waals surface area (Å²) in [6, 6.07) is 11.6. The first kappa shape index (κ1) is 15.5. The standard InChI is InChI=1S/C16H18BrN3O/c1-12(13-6-9-18-10-7-13)20-16(21)19-11-8-14-4-2-3-5-15(14)17/h2-7,9-10,12H,8,11H2,1H3,(H2,19,20,21). The summed E-state index contributed by atoms with van der Waals surface area (Å²) in [7, 11) is 0. The molecule has 2 amide bonds. The first-order valence-corrected chi connectivity index (χ1v) is 7.64. The van der Waals surface area contributed by atoms with Crippen molar-refractivity contribution in [2.75, 3.05) is 6.54 Å². The van der Waals surface area contributed by atoms with Crippen LogP contribution in [-0.2, 0) is 6.42 Å². The van der Waals surface area contributed by atoms with Gasteiger partial charge in [0.15, 0.2) is 0 Å². The molecule has 0 aliphatic rings. The number of hydrogen-bond acceptors (Lipinski definition) is 2. The van der Waals surface area contributed by atoms with Gasteiger partial charge in [0.2, 0.25) is 0 Å². The highest BCUT2D eigenvalue weighted by Crippen LogP contribution is 2.15. The minimum absolute atomic E-state index is 0.0449. The number of halogens is 1. The van der Waals surface area contributed by atoms with Crippen LogP contribution in [0.2, 0.25) is 0 Å². The van der Waals surface area contributed by atoms with E-state index in [1.165, 1.54) is 5.56 Å². The Bertz CT molecular complexity index is 589. The van der Waals surface area contributed by atoms with Crippen molar-refractivity contribution in [1.82, 2.24) is 15.6 Å². The number of rotatable bonds is 5. The summed E-state index contributed by atoms with van der Waals surface area (Å²) in [5, 5.41) is 5.78. The summed E-state index contributed by atoms with van der Waals surface area (Å²) < 4.78 is 1.07. The Morgan fingerprint density at radius 3 is 2.67 bits per heavy atom. The zero-order valence-electron chi connectivity index (χ0n) is 11.8. The summed E-state index contributed by atoms with van der Waals surface area (Å²) in [6.07, 6.45) is 4.23. The molecule has 5 heteroatoms. The number of nitrogens with one attached hydrogen (secondary N) is 2. The molecule has 21 heavy (non-hydrogen) atoms. The van der Waals surface area contributed by atoms with E-state index in [1.807, 2.05) is 43.3 Å². The molecule has 1 aromatic carbocycles. The highest BCUT2D eigenvalue weighted by molar-refractivity contribution is 9.10. The zero-order chi connectivity index (χ0) is 15.1. The fourth-order valence-corrected chi connectivity index (χ4v) is 2.48. The van der Waals surface area contributed by atoms with E-state index >= 15 is 0 Å². The van der Waals surface area contributed by atoms with Crippen molar-refractivity contribution < 1.29 is 4.79 Å². The van der Waals surface area contributed by atoms with Gasteiger partial charge in [-0.15, -0.1) is 0 Å². The van der Waals surface area contributed by atoms with Gasteiger partial charge in [-0.05, 0) is 42.7 Å². The van der Waals surface area contributed by atoms with Gasteiger partial charge in [0.1, 0.15) is 0 Å². The summed E-state index contributed by atoms with van der Waals surface area (Å²) in [5.74, 6) is 0. The smallest absolute Gasteiger partial charge is 0.315 e. The number of carbonyl (C=O) groups excluding carboxylic acids is 1. The van der Waals surface area contributed by atoms with Gasteiger partial charge in [-0.3, -0.25) is 4.98 Å². The maximum Gasteiger partial charge on any atom is 0.315 e. The predicted molar refractivity (Wildman–Crippen MR) is 87.0 cm³/mol. The number of amides is 2. The molecule has 0 saturated carbocycles. The highest BCUT2D eigenvalue weighted by Gasteiger charge is 2.08. The second kappa shape index (κ2) is 7.78. The molecule has 2 N–H and O–H groups in total. The van der Waals surface area contributed by atoms with E-state index in [2.05, 4.69) is 31.5 Å². The van der Waals surface area contributed by atoms with E-state index in [4.69, 9.17) is 0 Å². The number of pyridine rings is 1. The quantitative estimate of drug-likeness (QED) is 0.870. The van der Waals surface area contributed by atoms with Gasteiger partial charge in [-0.1, -0.05) is 34.1 Å². The van der Waals surface area contributed by atoms with Gasteiger partial charge in [-0.25, -0.2) is 4.79 Å². The third-order valence-corrected chi connectivity index (χ3v) is 3.97. The average molecular weight is 348 g/mol. The van der Waals surface area contributed by atoms with Crippen LogP contribution in [0.3, 0.4) is 0 Å². The molecule has 0 aliphatic heterocycles. The van der Waals surface area contributed by atoms with Crippen molar-refractivity contribution in [2.45, 2.75) is 19.4 Å². The molecule has 1 unspecified atom stereocenters. The number of urea groups is 1. The first-order chi connectivity index (χ1) is 10.2. The summed E-state index contributed by atoms with van der Waals surface area (Å²) >= 11 is 3.50. The van der Waals surface area contributed by atoms with Gasteiger partial charge < -0.3 is 10.6 Å². The summed E-state index contributed by atoms with van der Waals surface area (Å²) in [5.41, 5.74) is 2.21. The predicted octanol–water partition coefficient (Wildman–Crippen LogP) is 3.45. The Hall–Kier alpha value is -1.88. The minimum Gasteiger partial charge on any atom is -0.338 e. The monoisotopic (exact) mass is 347 g/mol. The summed E-state index contributed by atoms with van der Waals surface area (Å²) in [4.78, 5) is 15.8. The molecule has 1 heterocycles. The molecule has 0 bridgehead atoms. The molecule has 0 saturated heterocycles. The van der Waals surface area contributed by atoms with Crippen LogP contribution in [0.4, 0.5) is 4.79 Å². The summed E-state index contributed by atoms with van der Waals surface area (Å²) in [6.45, 7) is 2.54. The Kier molecular flexibility index (Phi) is 5.75. The number of aromatic nitrogens is 1. The van der Waals surface area contributed by atoms with Gasteiger partial charge in [0, 0.05) is 23.4 Å². The lowest BCUT2D eigenvalue weighted by molar-refractivity contribution is 0.238. The highest BCUT2D eigenvalue weighted by atomic mass is 79.9. The van der Waals surface area contributed by atoms with Crippen LogP contribution in [0.1, 0.15) is 24.1 Å². The van der Waals surface area contributed by atoms with Crippen molar-refractivity contribution in [2.24, 2.45) is 0 Å². The largest absolute Gasteiger partial charge is 0.338 e. The molecule has 2 aromatic rings. The van der Waals surface area contributed by atoms with Crippen molar-refractivity contribution in [1.29, 1.82) is 0 Å². The van der Waals surface area contributed by atoms with Crippen molar-refractivity contribution in [3.8, 4) is 0 Å². The maximum atomic E-state index is 11.9. The van der Waals surface area contributed by atoms with Crippen LogP contribution in [0, 0.1) is 0 Å². The van der Waals surface area contributed by atoms with E-state index < -0.39 is 0 Å². The SMILES string of the molecule is CC(NC(=O)NCCc1ccccc1Br)c1ccncc1. The molecule has 0 fully saturated rings. The van der Waals surface area contributed by atoms with Crippen LogP contribution < -0.4 is 10.6 Å². The normalized spacial score (nSPS) is 11.7. The van der Waals surface area contributed by atoms with Crippen molar-refractivity contribution in [3.05, 3.63) is 64.4 Å². The second-order valence-corrected chi connectivity index (χ2v) is 5.60. The van der Waals surface area contributed by atoms with Crippen LogP contribution >= 0.6 is 15.9 Å². The van der Waals surface area contributed by atoms with E-state index in [0.29, 0.717) is 6.54 Å². The van der Waals surface area contributed by atoms with Gasteiger partial charge >= 0.3 is 6.03 Å². The number of benzene rings is 1. The Labute approximate surface area is 133 Å². The van der Waals surface area contributed by atoms with E-state index in [1.54, 1.807) is 12.4 Å². The molecule has 110 valence electrons. The molecule has 2 rings (SSSR count). The number of carbonyl (C=O) groups is 1. The van der Waals surface area contributed by atoms with Gasteiger partial charge in [0.05, 0.1) is 6.04 Å². The molecule has 1 aromatic heterocycles. The van der Waals surface area contributed by atoms with E-state index in [0.717, 1.165) is 16.5 Å². The lowest BCUT2D eigenvalue weighted by atomic mass is 10.1. The molecule has 0 spiro atoms. The van der Waals surface area contributed by atoms with E-state index in [9.17, 15) is 4.79 Å². The van der Waals surface area contributed by atoms with Crippen LogP contribution in [0.15, 0.2) is 53.3 Å². The van der Waals surface area contributed by atoms with Crippen LogP contribution in [0.25, 0.3) is 0 Å². The molecule has 4 nitrogen and oxygen atoms in total. The van der Waals surface area contributed by atoms with Crippen LogP contribution in [-0.4, -0.2) is 17.6 Å². The number of nitrogens with zero attached hydrogens (tertiary/aromatic N) is 1. The molecule has 0 aliphatic carbocycles. The van der Waals surface area contributed by atoms with Gasteiger partial charge in [0.25, 0.3) is 0 Å². The average Bonchev–Trinajstić information content (AvgIpc) is 2.50. The molecular formula is C16H18BrN3O. The van der Waals surface area contributed by atoms with E-state index in [-0.39, 0.29) is 12.1 Å². The number of hydrogen-bond donors (Lipinski definition) is 2. The molecule has 0 radical (unpaired) electrons. The first-order valence-electron chi connectivity index (χ1n) is 6.84. The topological polar surface area (TPSA) is 54.0 Å². The fourth-order valence-electron chi connectivity index (χ4n) is 1.99. The molecule has 1 atom stereocenters. The third kappa shape index (κ3) is 4.86. The molecular weight excluding hydrogens is 330 g/mol.